The van der Waals surface area contributed by atoms with Gasteiger partial charge in [0.25, 0.3) is 0 Å². The van der Waals surface area contributed by atoms with Crippen LogP contribution in [0, 0.1) is 6.92 Å². The van der Waals surface area contributed by atoms with Crippen LogP contribution in [0.25, 0.3) is 0 Å². The molecule has 0 unspecified atom stereocenters. The maximum absolute atomic E-state index is 11.7. The first kappa shape index (κ1) is 12.8. The first-order valence-electron chi connectivity index (χ1n) is 5.75. The summed E-state index contributed by atoms with van der Waals surface area (Å²) in [5, 5.41) is 3.63. The molecule has 0 bridgehead atoms. The van der Waals surface area contributed by atoms with E-state index in [0.717, 1.165) is 5.56 Å². The number of aryl methyl sites for hydroxylation is 1. The third-order valence-electron chi connectivity index (χ3n) is 2.48. The van der Waals surface area contributed by atoms with E-state index in [4.69, 9.17) is 10.6 Å². The van der Waals surface area contributed by atoms with Gasteiger partial charge >= 0.3 is 5.97 Å². The SMILES string of the molecule is Cc1cccc(C(=O)ON=C(N)c2ccc[nH+]c2)c1. The maximum Gasteiger partial charge on any atom is 0.365 e. The lowest BCUT2D eigenvalue weighted by Gasteiger charge is -2.00. The summed E-state index contributed by atoms with van der Waals surface area (Å²) < 4.78 is 0. The highest BCUT2D eigenvalue weighted by atomic mass is 16.7. The number of nitrogens with one attached hydrogen (secondary N) is 1. The van der Waals surface area contributed by atoms with E-state index in [-0.39, 0.29) is 5.84 Å². The van der Waals surface area contributed by atoms with Crippen molar-refractivity contribution in [2.45, 2.75) is 6.92 Å². The summed E-state index contributed by atoms with van der Waals surface area (Å²) in [6.45, 7) is 1.90. The Bertz CT molecular complexity index is 609. The largest absolute Gasteiger partial charge is 0.380 e. The van der Waals surface area contributed by atoms with Crippen molar-refractivity contribution in [3.8, 4) is 0 Å². The minimum atomic E-state index is -0.536. The van der Waals surface area contributed by atoms with Crippen LogP contribution in [0.5, 0.6) is 0 Å². The summed E-state index contributed by atoms with van der Waals surface area (Å²) in [6.07, 6.45) is 3.41. The fraction of sp³-hybridized carbons (Fsp3) is 0.0714. The van der Waals surface area contributed by atoms with Gasteiger partial charge in [-0.1, -0.05) is 22.9 Å². The molecule has 19 heavy (non-hydrogen) atoms. The van der Waals surface area contributed by atoms with Gasteiger partial charge in [-0.15, -0.1) is 0 Å². The number of hydrogen-bond donors (Lipinski definition) is 1. The molecule has 3 N–H and O–H groups in total. The van der Waals surface area contributed by atoms with Crippen molar-refractivity contribution >= 4 is 11.8 Å². The quantitative estimate of drug-likeness (QED) is 0.389. The number of amidine groups is 1. The molecule has 5 heteroatoms. The van der Waals surface area contributed by atoms with E-state index in [9.17, 15) is 4.79 Å². The first-order valence-corrected chi connectivity index (χ1v) is 5.75. The molecule has 2 rings (SSSR count). The smallest absolute Gasteiger partial charge is 0.365 e. The van der Waals surface area contributed by atoms with Crippen molar-refractivity contribution in [2.24, 2.45) is 10.9 Å². The second kappa shape index (κ2) is 5.77. The van der Waals surface area contributed by atoms with Crippen LogP contribution in [0.1, 0.15) is 21.5 Å². The van der Waals surface area contributed by atoms with E-state index >= 15 is 0 Å². The number of aromatic nitrogens is 1. The molecule has 0 radical (unpaired) electrons. The Balaban J connectivity index is 2.08. The number of H-pyrrole nitrogens is 1. The minimum absolute atomic E-state index is 0.137. The molecule has 0 fully saturated rings. The third-order valence-corrected chi connectivity index (χ3v) is 2.48. The fourth-order valence-corrected chi connectivity index (χ4v) is 1.52. The number of carbonyl (C=O) groups excluding carboxylic acids is 1. The van der Waals surface area contributed by atoms with Gasteiger partial charge in [0.2, 0.25) is 0 Å². The number of aromatic amines is 1. The number of nitrogens with two attached hydrogens (primary N) is 1. The lowest BCUT2D eigenvalue weighted by Crippen LogP contribution is -2.17. The van der Waals surface area contributed by atoms with Gasteiger partial charge in [0, 0.05) is 6.07 Å². The highest BCUT2D eigenvalue weighted by molar-refractivity contribution is 5.97. The third kappa shape index (κ3) is 3.38. The molecular weight excluding hydrogens is 242 g/mol. The Hall–Kier alpha value is -2.69. The molecular formula is C14H14N3O2+. The van der Waals surface area contributed by atoms with E-state index in [0.29, 0.717) is 11.1 Å². The lowest BCUT2D eigenvalue weighted by molar-refractivity contribution is -0.378. The molecule has 1 heterocycles. The zero-order valence-corrected chi connectivity index (χ0v) is 10.5. The van der Waals surface area contributed by atoms with Crippen LogP contribution in [-0.2, 0) is 4.84 Å². The number of benzene rings is 1. The van der Waals surface area contributed by atoms with E-state index in [2.05, 4.69) is 10.1 Å². The lowest BCUT2D eigenvalue weighted by atomic mass is 10.1. The van der Waals surface area contributed by atoms with Crippen molar-refractivity contribution < 1.29 is 14.6 Å². The van der Waals surface area contributed by atoms with Crippen LogP contribution in [0.4, 0.5) is 0 Å². The van der Waals surface area contributed by atoms with Crippen LogP contribution in [-0.4, -0.2) is 11.8 Å². The van der Waals surface area contributed by atoms with E-state index in [1.165, 1.54) is 0 Å². The number of nitrogens with zero attached hydrogens (tertiary/aromatic N) is 1. The van der Waals surface area contributed by atoms with Gasteiger partial charge in [-0.25, -0.2) is 9.78 Å². The molecule has 0 aliphatic rings. The predicted molar refractivity (Wildman–Crippen MR) is 70.3 cm³/mol. The number of oxime groups is 1. The average Bonchev–Trinajstić information content (AvgIpc) is 2.45. The van der Waals surface area contributed by atoms with Crippen molar-refractivity contribution in [3.63, 3.8) is 0 Å². The fourth-order valence-electron chi connectivity index (χ4n) is 1.52. The van der Waals surface area contributed by atoms with Gasteiger partial charge in [-0.2, -0.15) is 0 Å². The highest BCUT2D eigenvalue weighted by Gasteiger charge is 2.08. The average molecular weight is 256 g/mol. The zero-order chi connectivity index (χ0) is 13.7. The molecule has 0 atom stereocenters. The maximum atomic E-state index is 11.7. The molecule has 2 aromatic rings. The molecule has 0 aliphatic carbocycles. The van der Waals surface area contributed by atoms with Crippen LogP contribution >= 0.6 is 0 Å². The Morgan fingerprint density at radius 3 is 2.74 bits per heavy atom. The Morgan fingerprint density at radius 2 is 2.05 bits per heavy atom. The van der Waals surface area contributed by atoms with Crippen LogP contribution < -0.4 is 10.7 Å². The predicted octanol–water partition coefficient (Wildman–Crippen LogP) is 1.29. The molecule has 0 saturated heterocycles. The van der Waals surface area contributed by atoms with Crippen LogP contribution in [0.3, 0.4) is 0 Å². The van der Waals surface area contributed by atoms with Gasteiger partial charge in [0.15, 0.2) is 18.2 Å². The van der Waals surface area contributed by atoms with Crippen molar-refractivity contribution in [1.82, 2.24) is 0 Å². The summed E-state index contributed by atoms with van der Waals surface area (Å²) in [7, 11) is 0. The normalized spacial score (nSPS) is 11.1. The molecule has 0 aliphatic heterocycles. The number of rotatable bonds is 3. The highest BCUT2D eigenvalue weighted by Crippen LogP contribution is 2.06. The second-order valence-electron chi connectivity index (χ2n) is 4.02. The molecule has 0 spiro atoms. The van der Waals surface area contributed by atoms with Crippen LogP contribution in [0.15, 0.2) is 53.9 Å². The van der Waals surface area contributed by atoms with Gasteiger partial charge in [-0.3, -0.25) is 0 Å². The van der Waals surface area contributed by atoms with Gasteiger partial charge in [0.05, 0.1) is 11.1 Å². The number of pyridine rings is 1. The summed E-state index contributed by atoms with van der Waals surface area (Å²) >= 11 is 0. The summed E-state index contributed by atoms with van der Waals surface area (Å²) in [6, 6.07) is 10.6. The van der Waals surface area contributed by atoms with Crippen LogP contribution in [0.2, 0.25) is 0 Å². The topological polar surface area (TPSA) is 78.8 Å². The molecule has 1 aromatic carbocycles. The summed E-state index contributed by atoms with van der Waals surface area (Å²) in [4.78, 5) is 19.4. The number of hydrogen-bond acceptors (Lipinski definition) is 3. The van der Waals surface area contributed by atoms with E-state index in [1.54, 1.807) is 42.7 Å². The molecule has 96 valence electrons. The Kier molecular flexibility index (Phi) is 3.87. The summed E-state index contributed by atoms with van der Waals surface area (Å²) in [5.74, 6) is -0.399. The number of carbonyl (C=O) groups is 1. The standard InChI is InChI=1S/C14H13N3O2/c1-10-4-2-5-11(8-10)14(18)19-17-13(15)12-6-3-7-16-9-12/h2-9H,1H3,(H2,15,17)/p+1. The zero-order valence-electron chi connectivity index (χ0n) is 10.5. The van der Waals surface area contributed by atoms with Gasteiger partial charge in [0.1, 0.15) is 0 Å². The monoisotopic (exact) mass is 256 g/mol. The van der Waals surface area contributed by atoms with Gasteiger partial charge in [-0.05, 0) is 25.1 Å². The molecule has 0 amide bonds. The van der Waals surface area contributed by atoms with Gasteiger partial charge < -0.3 is 10.6 Å². The van der Waals surface area contributed by atoms with E-state index in [1.807, 2.05) is 13.0 Å². The summed E-state index contributed by atoms with van der Waals surface area (Å²) in [5.41, 5.74) is 7.77. The van der Waals surface area contributed by atoms with Crippen molar-refractivity contribution in [1.29, 1.82) is 0 Å². The van der Waals surface area contributed by atoms with Crippen molar-refractivity contribution in [3.05, 3.63) is 65.5 Å². The Morgan fingerprint density at radius 1 is 1.26 bits per heavy atom. The molecule has 0 saturated carbocycles. The molecule has 5 nitrogen and oxygen atoms in total. The minimum Gasteiger partial charge on any atom is -0.380 e. The van der Waals surface area contributed by atoms with E-state index < -0.39 is 5.97 Å². The van der Waals surface area contributed by atoms with Crippen molar-refractivity contribution in [2.75, 3.05) is 0 Å². The molecule has 1 aromatic heterocycles. The Labute approximate surface area is 110 Å². The second-order valence-corrected chi connectivity index (χ2v) is 4.02. The first-order chi connectivity index (χ1) is 9.16.